The van der Waals surface area contributed by atoms with E-state index in [-0.39, 0.29) is 35.5 Å². The Balaban J connectivity index is 1.52. The van der Waals surface area contributed by atoms with E-state index in [4.69, 9.17) is 5.11 Å². The van der Waals surface area contributed by atoms with Gasteiger partial charge < -0.3 is 20.6 Å². The average molecular weight is 485 g/mol. The molecule has 1 saturated heterocycles. The van der Waals surface area contributed by atoms with E-state index in [1.165, 1.54) is 27.9 Å². The highest BCUT2D eigenvalue weighted by Crippen LogP contribution is 2.25. The van der Waals surface area contributed by atoms with Crippen molar-refractivity contribution in [2.24, 2.45) is 7.05 Å². The quantitative estimate of drug-likeness (QED) is 0.427. The number of hydrogen-bond donors (Lipinski definition) is 3. The molecule has 1 aliphatic rings. The lowest BCUT2D eigenvalue weighted by molar-refractivity contribution is -0.141. The van der Waals surface area contributed by atoms with Gasteiger partial charge in [0.25, 0.3) is 5.91 Å². The summed E-state index contributed by atoms with van der Waals surface area (Å²) in [5.74, 6) is -1.80. The fourth-order valence-electron chi connectivity index (χ4n) is 3.94. The number of benzene rings is 1. The molecule has 0 saturated carbocycles. The van der Waals surface area contributed by atoms with Crippen molar-refractivity contribution in [3.63, 3.8) is 0 Å². The molecule has 35 heavy (non-hydrogen) atoms. The highest BCUT2D eigenvalue weighted by Gasteiger charge is 2.32. The summed E-state index contributed by atoms with van der Waals surface area (Å²) in [5, 5.41) is 18.9. The average Bonchev–Trinajstić information content (AvgIpc) is 3.24. The van der Waals surface area contributed by atoms with Crippen LogP contribution in [-0.2, 0) is 18.3 Å². The number of aliphatic hydroxyl groups is 1. The summed E-state index contributed by atoms with van der Waals surface area (Å²) in [6.07, 6.45) is 4.24. The summed E-state index contributed by atoms with van der Waals surface area (Å²) in [6, 6.07) is 7.08. The molecule has 4 rings (SSSR count). The van der Waals surface area contributed by atoms with Crippen molar-refractivity contribution in [2.45, 2.75) is 18.9 Å². The van der Waals surface area contributed by atoms with Gasteiger partial charge in [0.05, 0.1) is 17.8 Å². The summed E-state index contributed by atoms with van der Waals surface area (Å²) < 4.78 is 30.0. The molecule has 0 bridgehead atoms. The number of amides is 2. The monoisotopic (exact) mass is 484 g/mol. The van der Waals surface area contributed by atoms with Gasteiger partial charge in [0.1, 0.15) is 23.9 Å². The van der Waals surface area contributed by atoms with Crippen molar-refractivity contribution in [3.8, 4) is 11.3 Å². The second-order valence-corrected chi connectivity index (χ2v) is 8.32. The number of anilines is 1. The molecule has 2 aromatic heterocycles. The van der Waals surface area contributed by atoms with Crippen molar-refractivity contribution in [1.29, 1.82) is 0 Å². The summed E-state index contributed by atoms with van der Waals surface area (Å²) in [7, 11) is 1.70. The van der Waals surface area contributed by atoms with E-state index in [0.29, 0.717) is 31.5 Å². The molecule has 1 aliphatic heterocycles. The first-order valence-electron chi connectivity index (χ1n) is 11.2. The van der Waals surface area contributed by atoms with Crippen LogP contribution >= 0.6 is 0 Å². The Kier molecular flexibility index (Phi) is 7.35. The van der Waals surface area contributed by atoms with Crippen LogP contribution in [0.3, 0.4) is 0 Å². The van der Waals surface area contributed by atoms with Crippen LogP contribution in [0.25, 0.3) is 11.3 Å². The Morgan fingerprint density at radius 2 is 2.09 bits per heavy atom. The number of rotatable bonds is 9. The Hall–Kier alpha value is -3.86. The van der Waals surface area contributed by atoms with Crippen LogP contribution in [0.4, 0.5) is 14.6 Å². The number of carbonyl (C=O) groups is 2. The van der Waals surface area contributed by atoms with Crippen LogP contribution in [0.5, 0.6) is 0 Å². The lowest BCUT2D eigenvalue weighted by Crippen LogP contribution is -2.56. The number of nitrogens with zero attached hydrogens (tertiary/aromatic N) is 4. The van der Waals surface area contributed by atoms with Crippen LogP contribution in [0.1, 0.15) is 22.3 Å². The number of carbonyl (C=O) groups excluding carboxylic acids is 2. The number of likely N-dealkylation sites (tertiary alicyclic amines) is 1. The number of aromatic nitrogens is 3. The maximum atomic E-state index is 15.0. The Bertz CT molecular complexity index is 1230. The molecule has 3 heterocycles. The molecule has 1 atom stereocenters. The smallest absolute Gasteiger partial charge is 0.255 e. The van der Waals surface area contributed by atoms with Crippen LogP contribution in [0.15, 0.2) is 42.7 Å². The van der Waals surface area contributed by atoms with Crippen molar-refractivity contribution >= 4 is 17.6 Å². The fourth-order valence-corrected chi connectivity index (χ4v) is 3.94. The maximum Gasteiger partial charge on any atom is 0.255 e. The Morgan fingerprint density at radius 3 is 2.74 bits per heavy atom. The largest absolute Gasteiger partial charge is 0.387 e. The summed E-state index contributed by atoms with van der Waals surface area (Å²) in [5.41, 5.74) is 1.27. The van der Waals surface area contributed by atoms with Crippen LogP contribution in [-0.4, -0.2) is 68.9 Å². The standard InChI is InChI=1S/C24H26F2N6O3/c1-31-13-16(11-29-31)22-20(26)10-19(24(35)28-12-18-6-8-32(18)21(34)14-33)23(30-22)27-7-5-15-3-2-4-17(25)9-15/h2-4,9-11,13,18,33H,5-8,12,14H2,1H3,(H,27,30)(H,28,35). The maximum absolute atomic E-state index is 15.0. The molecule has 0 radical (unpaired) electrons. The lowest BCUT2D eigenvalue weighted by Gasteiger charge is -2.40. The van der Waals surface area contributed by atoms with Crippen LogP contribution < -0.4 is 10.6 Å². The minimum Gasteiger partial charge on any atom is -0.387 e. The van der Waals surface area contributed by atoms with Gasteiger partial charge in [-0.1, -0.05) is 12.1 Å². The highest BCUT2D eigenvalue weighted by molar-refractivity contribution is 5.99. The van der Waals surface area contributed by atoms with E-state index >= 15 is 0 Å². The first-order chi connectivity index (χ1) is 16.9. The predicted molar refractivity (Wildman–Crippen MR) is 125 cm³/mol. The highest BCUT2D eigenvalue weighted by atomic mass is 19.1. The van der Waals surface area contributed by atoms with E-state index in [9.17, 15) is 18.4 Å². The molecule has 9 nitrogen and oxygen atoms in total. The molecular formula is C24H26F2N6O3. The minimum absolute atomic E-state index is 0.00809. The zero-order valence-corrected chi connectivity index (χ0v) is 19.2. The summed E-state index contributed by atoms with van der Waals surface area (Å²) in [6.45, 7) is 0.424. The third-order valence-electron chi connectivity index (χ3n) is 5.89. The van der Waals surface area contributed by atoms with Gasteiger partial charge >= 0.3 is 0 Å². The molecule has 3 N–H and O–H groups in total. The molecule has 0 aliphatic carbocycles. The van der Waals surface area contributed by atoms with E-state index in [0.717, 1.165) is 11.6 Å². The zero-order valence-electron chi connectivity index (χ0n) is 19.2. The van der Waals surface area contributed by atoms with Crippen molar-refractivity contribution in [2.75, 3.05) is 31.6 Å². The fraction of sp³-hybridized carbons (Fsp3) is 0.333. The second-order valence-electron chi connectivity index (χ2n) is 8.32. The summed E-state index contributed by atoms with van der Waals surface area (Å²) in [4.78, 5) is 30.5. The second kappa shape index (κ2) is 10.6. The van der Waals surface area contributed by atoms with Gasteiger partial charge in [-0.15, -0.1) is 0 Å². The normalized spacial score (nSPS) is 15.0. The van der Waals surface area contributed by atoms with E-state index in [1.54, 1.807) is 25.4 Å². The van der Waals surface area contributed by atoms with E-state index in [2.05, 4.69) is 20.7 Å². The van der Waals surface area contributed by atoms with Crippen molar-refractivity contribution in [1.82, 2.24) is 25.0 Å². The van der Waals surface area contributed by atoms with Gasteiger partial charge in [-0.3, -0.25) is 14.3 Å². The van der Waals surface area contributed by atoms with E-state index in [1.807, 2.05) is 0 Å². The molecule has 11 heteroatoms. The number of hydrogen-bond acceptors (Lipinski definition) is 6. The number of nitrogens with one attached hydrogen (secondary N) is 2. The lowest BCUT2D eigenvalue weighted by atomic mass is 10.0. The number of pyridine rings is 1. The van der Waals surface area contributed by atoms with Gasteiger partial charge in [0.15, 0.2) is 5.82 Å². The molecule has 3 aromatic rings. The van der Waals surface area contributed by atoms with Crippen LogP contribution in [0.2, 0.25) is 0 Å². The topological polar surface area (TPSA) is 112 Å². The third kappa shape index (κ3) is 5.62. The Morgan fingerprint density at radius 1 is 1.26 bits per heavy atom. The molecule has 1 aromatic carbocycles. The zero-order chi connectivity index (χ0) is 24.9. The molecule has 1 fully saturated rings. The van der Waals surface area contributed by atoms with Gasteiger partial charge in [-0.25, -0.2) is 13.8 Å². The molecule has 0 spiro atoms. The minimum atomic E-state index is -0.681. The molecule has 2 amide bonds. The van der Waals surface area contributed by atoms with Crippen molar-refractivity contribution < 1.29 is 23.5 Å². The molecule has 184 valence electrons. The van der Waals surface area contributed by atoms with Gasteiger partial charge in [0.2, 0.25) is 5.91 Å². The summed E-state index contributed by atoms with van der Waals surface area (Å²) >= 11 is 0. The molecular weight excluding hydrogens is 458 g/mol. The molecule has 1 unspecified atom stereocenters. The third-order valence-corrected chi connectivity index (χ3v) is 5.89. The number of aliphatic hydroxyl groups excluding tert-OH is 1. The van der Waals surface area contributed by atoms with Gasteiger partial charge in [-0.05, 0) is 36.6 Å². The SMILES string of the molecule is Cn1cc(-c2nc(NCCc3cccc(F)c3)c(C(=O)NCC3CCN3C(=O)CO)cc2F)cn1. The van der Waals surface area contributed by atoms with Crippen molar-refractivity contribution in [3.05, 3.63) is 65.5 Å². The van der Waals surface area contributed by atoms with Crippen LogP contribution in [0, 0.1) is 11.6 Å². The predicted octanol–water partition coefficient (Wildman–Crippen LogP) is 1.74. The first-order valence-corrected chi connectivity index (χ1v) is 11.2. The van der Waals surface area contributed by atoms with Gasteiger partial charge in [-0.2, -0.15) is 5.10 Å². The van der Waals surface area contributed by atoms with Gasteiger partial charge in [0, 0.05) is 38.4 Å². The first kappa shape index (κ1) is 24.3. The number of halogens is 2. The Labute approximate surface area is 200 Å². The van der Waals surface area contributed by atoms with E-state index < -0.39 is 24.2 Å². The number of aryl methyl sites for hydroxylation is 1.